The quantitative estimate of drug-likeness (QED) is 0.502. The second kappa shape index (κ2) is 9.67. The Morgan fingerprint density at radius 1 is 1.16 bits per heavy atom. The van der Waals surface area contributed by atoms with Crippen molar-refractivity contribution in [3.8, 4) is 0 Å². The summed E-state index contributed by atoms with van der Waals surface area (Å²) in [4.78, 5) is 26.8. The molecule has 1 amide bonds. The topological polar surface area (TPSA) is 69.6 Å². The van der Waals surface area contributed by atoms with E-state index in [0.717, 1.165) is 18.4 Å². The van der Waals surface area contributed by atoms with Gasteiger partial charge in [0.2, 0.25) is 0 Å². The van der Waals surface area contributed by atoms with Gasteiger partial charge in [0, 0.05) is 6.42 Å². The van der Waals surface area contributed by atoms with Gasteiger partial charge in [0.1, 0.15) is 12.6 Å². The number of carboxylic acid groups (broad SMARTS) is 1. The molecule has 1 aromatic carbocycles. The highest BCUT2D eigenvalue weighted by Crippen LogP contribution is 2.42. The number of hydrogen-bond donors (Lipinski definition) is 2. The minimum atomic E-state index is -4.27. The molecule has 4 atom stereocenters. The van der Waals surface area contributed by atoms with E-state index in [-0.39, 0.29) is 36.2 Å². The van der Waals surface area contributed by atoms with E-state index < -0.39 is 36.7 Å². The summed E-state index contributed by atoms with van der Waals surface area (Å²) in [7, 11) is 1.62. The van der Waals surface area contributed by atoms with E-state index in [9.17, 15) is 27.9 Å². The summed E-state index contributed by atoms with van der Waals surface area (Å²) in [6.07, 6.45) is -2.26. The number of nitrogens with one attached hydrogen (secondary N) is 1. The third-order valence-corrected chi connectivity index (χ3v) is 6.79. The van der Waals surface area contributed by atoms with Gasteiger partial charge in [-0.15, -0.1) is 5.43 Å². The minimum Gasteiger partial charge on any atom is -0.480 e. The molecule has 2 N–H and O–H groups in total. The summed E-state index contributed by atoms with van der Waals surface area (Å²) in [6, 6.07) is 8.22. The number of nitrogens with zero attached hydrogens (tertiary/aromatic N) is 2. The van der Waals surface area contributed by atoms with Crippen molar-refractivity contribution in [1.29, 1.82) is 0 Å². The Morgan fingerprint density at radius 2 is 1.81 bits per heavy atom. The molecule has 1 aliphatic carbocycles. The Labute approximate surface area is 180 Å². The number of quaternary nitrogens is 1. The lowest BCUT2D eigenvalue weighted by Gasteiger charge is -2.48. The fraction of sp³-hybridized carbons (Fsp3) is 0.636. The van der Waals surface area contributed by atoms with Crippen molar-refractivity contribution in [2.24, 2.45) is 5.92 Å². The van der Waals surface area contributed by atoms with E-state index in [1.165, 1.54) is 0 Å². The van der Waals surface area contributed by atoms with E-state index >= 15 is 0 Å². The average Bonchev–Trinajstić information content (AvgIpc) is 3.26. The summed E-state index contributed by atoms with van der Waals surface area (Å²) >= 11 is 0. The summed E-state index contributed by atoms with van der Waals surface area (Å²) < 4.78 is 40.2. The lowest BCUT2D eigenvalue weighted by Crippen LogP contribution is -2.71. The number of likely N-dealkylation sites (N-methyl/N-ethyl adjacent to an activating group) is 1. The number of aliphatic carboxylic acids is 1. The van der Waals surface area contributed by atoms with Crippen LogP contribution in [0.3, 0.4) is 0 Å². The smallest absolute Gasteiger partial charge is 0.391 e. The van der Waals surface area contributed by atoms with Gasteiger partial charge in [-0.3, -0.25) is 9.69 Å². The molecule has 2 aliphatic rings. The Kier molecular flexibility index (Phi) is 7.39. The number of alkyl halides is 3. The second-order valence-corrected chi connectivity index (χ2v) is 8.79. The lowest BCUT2D eigenvalue weighted by molar-refractivity contribution is -0.907. The first-order valence-corrected chi connectivity index (χ1v) is 10.8. The Bertz CT molecular complexity index is 768. The van der Waals surface area contributed by atoms with E-state index in [0.29, 0.717) is 13.1 Å². The first-order valence-electron chi connectivity index (χ1n) is 10.8. The zero-order chi connectivity index (χ0) is 22.6. The zero-order valence-electron chi connectivity index (χ0n) is 17.8. The van der Waals surface area contributed by atoms with Gasteiger partial charge < -0.3 is 5.11 Å². The molecule has 6 nitrogen and oxygen atoms in total. The molecule has 0 spiro atoms. The van der Waals surface area contributed by atoms with Crippen molar-refractivity contribution in [1.82, 2.24) is 10.3 Å². The highest BCUT2D eigenvalue weighted by Gasteiger charge is 2.54. The van der Waals surface area contributed by atoms with Crippen LogP contribution in [0.4, 0.5) is 13.2 Å². The SMILES string of the molecule is C[N+](NCC(=O)O)(C(=O)Cc1ccccc1)[C@@H]1CCC(C(F)(F)F)C[C@@H]1N1CCCC1. The molecule has 0 bridgehead atoms. The van der Waals surface area contributed by atoms with Gasteiger partial charge in [0.15, 0.2) is 0 Å². The molecule has 31 heavy (non-hydrogen) atoms. The maximum atomic E-state index is 13.5. The van der Waals surface area contributed by atoms with Crippen LogP contribution in [0.5, 0.6) is 0 Å². The largest absolute Gasteiger partial charge is 0.480 e. The summed E-state index contributed by atoms with van der Waals surface area (Å²) in [6.45, 7) is 0.970. The fourth-order valence-electron chi connectivity index (χ4n) is 5.05. The molecule has 1 saturated heterocycles. The minimum absolute atomic E-state index is 0.0558. The molecule has 172 valence electrons. The molecule has 1 saturated carbocycles. The molecule has 0 radical (unpaired) electrons. The number of carboxylic acids is 1. The van der Waals surface area contributed by atoms with E-state index in [1.807, 2.05) is 30.3 Å². The standard InChI is InChI=1S/C22H30F3N3O3/c1-28(26-15-21(30)31,20(29)13-16-7-3-2-4-8-16)19-10-9-17(22(23,24)25)14-18(19)27-11-5-6-12-27/h2-4,7-8,17-19,26H,5-6,9-15H2,1H3/p+1/t17?,18-,19+,28?/m0/s1. The molecule has 2 fully saturated rings. The predicted octanol–water partition coefficient (Wildman–Crippen LogP) is 2.99. The van der Waals surface area contributed by atoms with Gasteiger partial charge in [-0.2, -0.15) is 17.8 Å². The molecule has 1 heterocycles. The van der Waals surface area contributed by atoms with E-state index in [1.54, 1.807) is 7.05 Å². The number of carbonyl (C=O) groups excluding carboxylic acids is 1. The number of hydrogen-bond acceptors (Lipinski definition) is 4. The van der Waals surface area contributed by atoms with Crippen LogP contribution in [0, 0.1) is 5.92 Å². The van der Waals surface area contributed by atoms with Gasteiger partial charge in [-0.05, 0) is 44.3 Å². The van der Waals surface area contributed by atoms with Crippen molar-refractivity contribution >= 4 is 11.9 Å². The van der Waals surface area contributed by atoms with Crippen LogP contribution in [0.1, 0.15) is 37.7 Å². The summed E-state index contributed by atoms with van der Waals surface area (Å²) in [5.74, 6) is -2.75. The Morgan fingerprint density at radius 3 is 2.39 bits per heavy atom. The predicted molar refractivity (Wildman–Crippen MR) is 109 cm³/mol. The summed E-state index contributed by atoms with van der Waals surface area (Å²) in [5, 5.41) is 9.23. The van der Waals surface area contributed by atoms with Crippen molar-refractivity contribution < 1.29 is 32.5 Å². The molecule has 3 rings (SSSR count). The molecule has 9 heteroatoms. The van der Waals surface area contributed by atoms with Gasteiger partial charge in [0.25, 0.3) is 0 Å². The van der Waals surface area contributed by atoms with Crippen LogP contribution < -0.4 is 5.43 Å². The van der Waals surface area contributed by atoms with E-state index in [2.05, 4.69) is 10.3 Å². The van der Waals surface area contributed by atoms with E-state index in [4.69, 9.17) is 0 Å². The number of carbonyl (C=O) groups is 2. The molecular weight excluding hydrogens is 411 g/mol. The van der Waals surface area contributed by atoms with Crippen molar-refractivity contribution in [2.45, 2.75) is 56.8 Å². The maximum Gasteiger partial charge on any atom is 0.391 e. The van der Waals surface area contributed by atoms with Crippen LogP contribution in [0.2, 0.25) is 0 Å². The third-order valence-electron chi connectivity index (χ3n) is 6.79. The monoisotopic (exact) mass is 442 g/mol. The van der Waals surface area contributed by atoms with Crippen LogP contribution in [0.25, 0.3) is 0 Å². The number of benzene rings is 1. The normalized spacial score (nSPS) is 27.0. The average molecular weight is 443 g/mol. The van der Waals surface area contributed by atoms with Gasteiger partial charge >= 0.3 is 18.1 Å². The lowest BCUT2D eigenvalue weighted by atomic mass is 9.80. The second-order valence-electron chi connectivity index (χ2n) is 8.79. The molecular formula is C22H31F3N3O3+. The van der Waals surface area contributed by atoms with Crippen molar-refractivity contribution in [3.05, 3.63) is 35.9 Å². The fourth-order valence-corrected chi connectivity index (χ4v) is 5.05. The van der Waals surface area contributed by atoms with Crippen molar-refractivity contribution in [3.63, 3.8) is 0 Å². The zero-order valence-corrected chi connectivity index (χ0v) is 17.8. The number of likely N-dealkylation sites (tertiary alicyclic amines) is 1. The van der Waals surface area contributed by atoms with Crippen LogP contribution in [-0.2, 0) is 16.0 Å². The Balaban J connectivity index is 1.90. The number of amides is 1. The third kappa shape index (κ3) is 5.64. The Hall–Kier alpha value is -1.97. The highest BCUT2D eigenvalue weighted by molar-refractivity contribution is 5.73. The number of halogens is 3. The first kappa shape index (κ1) is 23.7. The molecule has 2 unspecified atom stereocenters. The molecule has 0 aromatic heterocycles. The highest BCUT2D eigenvalue weighted by atomic mass is 19.4. The van der Waals surface area contributed by atoms with Crippen LogP contribution >= 0.6 is 0 Å². The van der Waals surface area contributed by atoms with Gasteiger partial charge in [-0.25, -0.2) is 4.79 Å². The maximum absolute atomic E-state index is 13.5. The first-order chi connectivity index (χ1) is 14.6. The van der Waals surface area contributed by atoms with Gasteiger partial charge in [0.05, 0.1) is 25.4 Å². The van der Waals surface area contributed by atoms with Crippen LogP contribution in [-0.4, -0.2) is 71.4 Å². The van der Waals surface area contributed by atoms with Crippen LogP contribution in [0.15, 0.2) is 30.3 Å². The number of rotatable bonds is 7. The van der Waals surface area contributed by atoms with Crippen molar-refractivity contribution in [2.75, 3.05) is 26.7 Å². The molecule has 1 aliphatic heterocycles. The van der Waals surface area contributed by atoms with Gasteiger partial charge in [-0.1, -0.05) is 30.3 Å². The molecule has 1 aromatic rings. The summed E-state index contributed by atoms with van der Waals surface area (Å²) in [5.41, 5.74) is 3.66.